The second kappa shape index (κ2) is 7.76. The average molecular weight is 311 g/mol. The molecule has 0 spiro atoms. The molecule has 2 heteroatoms. The first-order chi connectivity index (χ1) is 10.9. The number of nitrogens with one attached hydrogen (secondary N) is 1. The molecule has 0 amide bonds. The summed E-state index contributed by atoms with van der Waals surface area (Å²) in [5, 5.41) is 13.4. The first-order valence-electron chi connectivity index (χ1n) is 8.40. The van der Waals surface area contributed by atoms with E-state index in [9.17, 15) is 5.11 Å². The minimum absolute atomic E-state index is 0.0148. The zero-order valence-corrected chi connectivity index (χ0v) is 14.7. The van der Waals surface area contributed by atoms with Gasteiger partial charge in [0.25, 0.3) is 0 Å². The maximum Gasteiger partial charge on any atom is 0.0589 e. The molecule has 2 aromatic rings. The summed E-state index contributed by atoms with van der Waals surface area (Å²) < 4.78 is 0. The van der Waals surface area contributed by atoms with Gasteiger partial charge >= 0.3 is 0 Å². The summed E-state index contributed by atoms with van der Waals surface area (Å²) >= 11 is 0. The van der Waals surface area contributed by atoms with Crippen molar-refractivity contribution < 1.29 is 5.11 Å². The fraction of sp³-hybridized carbons (Fsp3) is 0.429. The SMILES string of the molecule is CC(N[C@H](CO)C(C)(C)C)C(c1ccccc1)c1ccccc1. The second-order valence-electron chi connectivity index (χ2n) is 7.36. The Morgan fingerprint density at radius 2 is 1.30 bits per heavy atom. The Morgan fingerprint density at radius 3 is 1.65 bits per heavy atom. The second-order valence-corrected chi connectivity index (χ2v) is 7.36. The minimum Gasteiger partial charge on any atom is -0.395 e. The molecule has 0 fully saturated rings. The van der Waals surface area contributed by atoms with Crippen LogP contribution >= 0.6 is 0 Å². The summed E-state index contributed by atoms with van der Waals surface area (Å²) in [6.45, 7) is 8.83. The molecule has 124 valence electrons. The van der Waals surface area contributed by atoms with E-state index in [0.29, 0.717) is 0 Å². The van der Waals surface area contributed by atoms with Crippen LogP contribution in [0.15, 0.2) is 60.7 Å². The molecule has 0 bridgehead atoms. The van der Waals surface area contributed by atoms with Crippen molar-refractivity contribution >= 4 is 0 Å². The van der Waals surface area contributed by atoms with Crippen LogP contribution < -0.4 is 5.32 Å². The van der Waals surface area contributed by atoms with Gasteiger partial charge in [-0.05, 0) is 23.5 Å². The summed E-state index contributed by atoms with van der Waals surface area (Å²) in [5.41, 5.74) is 2.61. The summed E-state index contributed by atoms with van der Waals surface area (Å²) in [4.78, 5) is 0. The largest absolute Gasteiger partial charge is 0.395 e. The van der Waals surface area contributed by atoms with Gasteiger partial charge in [-0.3, -0.25) is 0 Å². The molecular formula is C21H29NO. The maximum atomic E-state index is 9.77. The van der Waals surface area contributed by atoms with Gasteiger partial charge in [0, 0.05) is 18.0 Å². The molecular weight excluding hydrogens is 282 g/mol. The summed E-state index contributed by atoms with van der Waals surface area (Å²) in [5.74, 6) is 0.258. The van der Waals surface area contributed by atoms with E-state index in [1.165, 1.54) is 11.1 Å². The first-order valence-corrected chi connectivity index (χ1v) is 8.40. The summed E-state index contributed by atoms with van der Waals surface area (Å²) in [7, 11) is 0. The van der Waals surface area contributed by atoms with Gasteiger partial charge in [0.1, 0.15) is 0 Å². The molecule has 0 aromatic heterocycles. The van der Waals surface area contributed by atoms with Crippen molar-refractivity contribution in [2.24, 2.45) is 5.41 Å². The Hall–Kier alpha value is -1.64. The number of hydrogen-bond donors (Lipinski definition) is 2. The van der Waals surface area contributed by atoms with E-state index >= 15 is 0 Å². The Balaban J connectivity index is 2.31. The van der Waals surface area contributed by atoms with E-state index in [1.807, 2.05) is 0 Å². The van der Waals surface area contributed by atoms with Crippen LogP contribution in [0, 0.1) is 5.41 Å². The van der Waals surface area contributed by atoms with Gasteiger partial charge in [-0.2, -0.15) is 0 Å². The quantitative estimate of drug-likeness (QED) is 0.838. The molecule has 2 rings (SSSR count). The van der Waals surface area contributed by atoms with Crippen molar-refractivity contribution in [2.75, 3.05) is 6.61 Å². The minimum atomic E-state index is 0.0148. The molecule has 0 saturated heterocycles. The Bertz CT molecular complexity index is 534. The van der Waals surface area contributed by atoms with Crippen LogP contribution in [-0.2, 0) is 0 Å². The predicted octanol–water partition coefficient (Wildman–Crippen LogP) is 4.20. The average Bonchev–Trinajstić information content (AvgIpc) is 2.54. The summed E-state index contributed by atoms with van der Waals surface area (Å²) in [6, 6.07) is 21.5. The fourth-order valence-corrected chi connectivity index (χ4v) is 3.08. The van der Waals surface area contributed by atoms with Gasteiger partial charge in [-0.25, -0.2) is 0 Å². The lowest BCUT2D eigenvalue weighted by atomic mass is 9.82. The molecule has 2 N–H and O–H groups in total. The van der Waals surface area contributed by atoms with Gasteiger partial charge in [0.2, 0.25) is 0 Å². The number of aliphatic hydroxyl groups is 1. The number of aliphatic hydroxyl groups excluding tert-OH is 1. The van der Waals surface area contributed by atoms with Gasteiger partial charge in [-0.15, -0.1) is 0 Å². The monoisotopic (exact) mass is 311 g/mol. The fourth-order valence-electron chi connectivity index (χ4n) is 3.08. The Morgan fingerprint density at radius 1 is 0.870 bits per heavy atom. The smallest absolute Gasteiger partial charge is 0.0589 e. The molecule has 0 heterocycles. The van der Waals surface area contributed by atoms with Gasteiger partial charge in [0.15, 0.2) is 0 Å². The third-order valence-electron chi connectivity index (χ3n) is 4.51. The van der Waals surface area contributed by atoms with Gasteiger partial charge in [0.05, 0.1) is 6.61 Å². The molecule has 1 unspecified atom stereocenters. The van der Waals surface area contributed by atoms with Crippen molar-refractivity contribution in [1.29, 1.82) is 0 Å². The van der Waals surface area contributed by atoms with Crippen molar-refractivity contribution in [3.63, 3.8) is 0 Å². The lowest BCUT2D eigenvalue weighted by Crippen LogP contribution is -2.49. The molecule has 23 heavy (non-hydrogen) atoms. The van der Waals surface area contributed by atoms with Crippen molar-refractivity contribution in [3.05, 3.63) is 71.8 Å². The highest BCUT2D eigenvalue weighted by Crippen LogP contribution is 2.29. The van der Waals surface area contributed by atoms with Crippen LogP contribution in [0.1, 0.15) is 44.7 Å². The Kier molecular flexibility index (Phi) is 5.97. The standard InChI is InChI=1S/C21H29NO/c1-16(22-19(15-23)21(2,3)4)20(17-11-7-5-8-12-17)18-13-9-6-10-14-18/h5-14,16,19-20,22-23H,15H2,1-4H3/t16?,19-/m1/s1. The normalized spacial score (nSPS) is 14.7. The van der Waals surface area contributed by atoms with Crippen molar-refractivity contribution in [3.8, 4) is 0 Å². The maximum absolute atomic E-state index is 9.77. The van der Waals surface area contributed by atoms with Crippen LogP contribution in [0.25, 0.3) is 0 Å². The Labute approximate surface area is 140 Å². The molecule has 0 radical (unpaired) electrons. The van der Waals surface area contributed by atoms with Gasteiger partial charge in [-0.1, -0.05) is 81.4 Å². The molecule has 0 saturated carbocycles. The predicted molar refractivity (Wildman–Crippen MR) is 97.7 cm³/mol. The third-order valence-corrected chi connectivity index (χ3v) is 4.51. The van der Waals surface area contributed by atoms with Gasteiger partial charge < -0.3 is 10.4 Å². The van der Waals surface area contributed by atoms with E-state index in [4.69, 9.17) is 0 Å². The summed E-state index contributed by atoms with van der Waals surface area (Å²) in [6.07, 6.45) is 0. The highest BCUT2D eigenvalue weighted by Gasteiger charge is 2.29. The highest BCUT2D eigenvalue weighted by atomic mass is 16.3. The number of hydrogen-bond acceptors (Lipinski definition) is 2. The third kappa shape index (κ3) is 4.66. The highest BCUT2D eigenvalue weighted by molar-refractivity contribution is 5.34. The molecule has 2 aromatic carbocycles. The van der Waals surface area contributed by atoms with Crippen molar-refractivity contribution in [1.82, 2.24) is 5.32 Å². The van der Waals surface area contributed by atoms with Crippen LogP contribution in [0.4, 0.5) is 0 Å². The molecule has 2 atom stereocenters. The lowest BCUT2D eigenvalue weighted by molar-refractivity contribution is 0.147. The van der Waals surface area contributed by atoms with Crippen LogP contribution in [-0.4, -0.2) is 23.8 Å². The van der Waals surface area contributed by atoms with E-state index in [-0.39, 0.29) is 30.0 Å². The van der Waals surface area contributed by atoms with Crippen molar-refractivity contribution in [2.45, 2.75) is 45.7 Å². The molecule has 0 aliphatic rings. The molecule has 0 aliphatic carbocycles. The lowest BCUT2D eigenvalue weighted by Gasteiger charge is -2.36. The van der Waals surface area contributed by atoms with E-state index in [0.717, 1.165) is 0 Å². The van der Waals surface area contributed by atoms with E-state index < -0.39 is 0 Å². The molecule has 2 nitrogen and oxygen atoms in total. The van der Waals surface area contributed by atoms with E-state index in [2.05, 4.69) is 93.7 Å². The van der Waals surface area contributed by atoms with Crippen LogP contribution in [0.5, 0.6) is 0 Å². The molecule has 0 aliphatic heterocycles. The zero-order valence-electron chi connectivity index (χ0n) is 14.7. The van der Waals surface area contributed by atoms with E-state index in [1.54, 1.807) is 0 Å². The zero-order chi connectivity index (χ0) is 16.9. The van der Waals surface area contributed by atoms with Crippen LogP contribution in [0.2, 0.25) is 0 Å². The van der Waals surface area contributed by atoms with Crippen LogP contribution in [0.3, 0.4) is 0 Å². The topological polar surface area (TPSA) is 32.3 Å². The first kappa shape index (κ1) is 17.7. The number of rotatable bonds is 6. The number of benzene rings is 2.